The fraction of sp³-hybridized carbons (Fsp3) is 0.226. The fourth-order valence-corrected chi connectivity index (χ4v) is 5.39. The number of aromatic nitrogens is 1. The van der Waals surface area contributed by atoms with Crippen molar-refractivity contribution in [2.75, 3.05) is 39.1 Å². The lowest BCUT2D eigenvalue weighted by Gasteiger charge is -2.33. The van der Waals surface area contributed by atoms with Gasteiger partial charge in [-0.25, -0.2) is 0 Å². The first-order chi connectivity index (χ1) is 21.1. The maximum atomic E-state index is 14.5. The van der Waals surface area contributed by atoms with Crippen molar-refractivity contribution in [2.24, 2.45) is 5.73 Å². The largest absolute Gasteiger partial charge is 0.495 e. The topological polar surface area (TPSA) is 168 Å². The molecule has 0 aliphatic carbocycles. The zero-order valence-corrected chi connectivity index (χ0v) is 25.7. The minimum Gasteiger partial charge on any atom is -0.495 e. The molecule has 0 aliphatic rings. The number of carbonyl (C=O) groups is 3. The van der Waals surface area contributed by atoms with Crippen molar-refractivity contribution in [1.82, 2.24) is 9.69 Å². The molecule has 0 fully saturated rings. The first-order valence-corrected chi connectivity index (χ1v) is 14.1. The predicted octanol–water partition coefficient (Wildman–Crippen LogP) is 3.87. The van der Waals surface area contributed by atoms with Crippen LogP contribution >= 0.6 is 11.5 Å². The molecule has 3 aromatic carbocycles. The molecule has 1 aromatic heterocycles. The van der Waals surface area contributed by atoms with Gasteiger partial charge in [-0.15, -0.1) is 0 Å². The molecule has 0 saturated carbocycles. The summed E-state index contributed by atoms with van der Waals surface area (Å²) in [6.45, 7) is 2.00. The summed E-state index contributed by atoms with van der Waals surface area (Å²) < 4.78 is 26.3. The minimum atomic E-state index is -1.34. The molecule has 3 amide bonds. The zero-order valence-electron chi connectivity index (χ0n) is 24.9. The summed E-state index contributed by atoms with van der Waals surface area (Å²) in [7, 11) is 5.80. The molecule has 4 aromatic rings. The highest BCUT2D eigenvalue weighted by Crippen LogP contribution is 2.44. The maximum absolute atomic E-state index is 14.5. The Morgan fingerprint density at radius 1 is 0.909 bits per heavy atom. The van der Waals surface area contributed by atoms with Crippen LogP contribution in [0.15, 0.2) is 60.7 Å². The van der Waals surface area contributed by atoms with Gasteiger partial charge in [0.25, 0.3) is 11.8 Å². The van der Waals surface area contributed by atoms with Gasteiger partial charge in [-0.05, 0) is 59.4 Å². The normalized spacial score (nSPS) is 11.3. The number of nitrogen functional groups attached to an aromatic ring is 1. The Balaban J connectivity index is 2.00. The summed E-state index contributed by atoms with van der Waals surface area (Å²) in [5, 5.41) is 2.94. The molecule has 1 heterocycles. The highest BCUT2D eigenvalue weighted by atomic mass is 32.1. The Hall–Kier alpha value is -5.30. The SMILES string of the molecule is COc1ccc(C)cc1N(C(=O)c1snc(C(N)=O)c1N)[C@@H](C(=O)NCc1ccccc1)c1cc(OC)c(OC)c(OC)c1. The Bertz CT molecular complexity index is 1650. The van der Waals surface area contributed by atoms with E-state index in [0.29, 0.717) is 28.6 Å². The van der Waals surface area contributed by atoms with Gasteiger partial charge in [0, 0.05) is 6.54 Å². The van der Waals surface area contributed by atoms with Gasteiger partial charge in [0.1, 0.15) is 16.7 Å². The molecular formula is C31H33N5O7S. The first kappa shape index (κ1) is 31.6. The van der Waals surface area contributed by atoms with E-state index in [2.05, 4.69) is 9.69 Å². The Labute approximate surface area is 258 Å². The molecular weight excluding hydrogens is 586 g/mol. The number of rotatable bonds is 12. The molecule has 1 atom stereocenters. The van der Waals surface area contributed by atoms with Crippen molar-refractivity contribution in [1.29, 1.82) is 0 Å². The number of carbonyl (C=O) groups excluding carboxylic acids is 3. The van der Waals surface area contributed by atoms with Crippen LogP contribution in [0.5, 0.6) is 23.0 Å². The van der Waals surface area contributed by atoms with Crippen LogP contribution in [0.1, 0.15) is 42.9 Å². The number of hydrogen-bond acceptors (Lipinski definition) is 10. The summed E-state index contributed by atoms with van der Waals surface area (Å²) in [4.78, 5) is 42.0. The molecule has 44 heavy (non-hydrogen) atoms. The van der Waals surface area contributed by atoms with Crippen molar-refractivity contribution in [2.45, 2.75) is 19.5 Å². The van der Waals surface area contributed by atoms with E-state index >= 15 is 0 Å². The fourth-order valence-electron chi connectivity index (χ4n) is 4.65. The number of amides is 3. The smallest absolute Gasteiger partial charge is 0.273 e. The van der Waals surface area contributed by atoms with Gasteiger partial charge in [0.05, 0.1) is 39.8 Å². The van der Waals surface area contributed by atoms with E-state index in [9.17, 15) is 14.4 Å². The van der Waals surface area contributed by atoms with E-state index in [-0.39, 0.29) is 40.0 Å². The summed E-state index contributed by atoms with van der Waals surface area (Å²) in [6, 6.07) is 16.3. The van der Waals surface area contributed by atoms with E-state index in [1.54, 1.807) is 30.3 Å². The van der Waals surface area contributed by atoms with Crippen molar-refractivity contribution >= 4 is 40.6 Å². The van der Waals surface area contributed by atoms with Crippen molar-refractivity contribution in [3.8, 4) is 23.0 Å². The number of primary amides is 1. The van der Waals surface area contributed by atoms with Gasteiger partial charge in [0.15, 0.2) is 17.2 Å². The number of aryl methyl sites for hydroxylation is 1. The maximum Gasteiger partial charge on any atom is 0.273 e. The van der Waals surface area contributed by atoms with E-state index in [1.807, 2.05) is 37.3 Å². The minimum absolute atomic E-state index is 0.0874. The predicted molar refractivity (Wildman–Crippen MR) is 167 cm³/mol. The van der Waals surface area contributed by atoms with E-state index in [0.717, 1.165) is 11.1 Å². The van der Waals surface area contributed by atoms with Crippen LogP contribution in [-0.2, 0) is 11.3 Å². The summed E-state index contributed by atoms with van der Waals surface area (Å²) in [5.41, 5.74) is 13.4. The van der Waals surface area contributed by atoms with Crippen molar-refractivity contribution < 1.29 is 33.3 Å². The number of ether oxygens (including phenoxy) is 4. The second-order valence-corrected chi connectivity index (χ2v) is 10.3. The number of anilines is 2. The number of hydrogen-bond donors (Lipinski definition) is 3. The third-order valence-electron chi connectivity index (χ3n) is 6.79. The molecule has 5 N–H and O–H groups in total. The summed E-state index contributed by atoms with van der Waals surface area (Å²) >= 11 is 0.700. The second kappa shape index (κ2) is 13.8. The van der Waals surface area contributed by atoms with Gasteiger partial charge in [-0.1, -0.05) is 36.4 Å². The van der Waals surface area contributed by atoms with Crippen molar-refractivity contribution in [3.05, 3.63) is 87.9 Å². The third-order valence-corrected chi connectivity index (χ3v) is 7.64. The number of methoxy groups -OCH3 is 4. The number of nitrogens with two attached hydrogens (primary N) is 2. The van der Waals surface area contributed by atoms with Gasteiger partial charge in [0.2, 0.25) is 11.7 Å². The van der Waals surface area contributed by atoms with Crippen molar-refractivity contribution in [3.63, 3.8) is 0 Å². The van der Waals surface area contributed by atoms with Crippen LogP contribution < -0.4 is 40.6 Å². The van der Waals surface area contributed by atoms with E-state index in [1.165, 1.54) is 33.3 Å². The van der Waals surface area contributed by atoms with Gasteiger partial charge < -0.3 is 35.7 Å². The average Bonchev–Trinajstić information content (AvgIpc) is 3.43. The molecule has 4 rings (SSSR count). The van der Waals surface area contributed by atoms with E-state index < -0.39 is 23.8 Å². The lowest BCUT2D eigenvalue weighted by molar-refractivity contribution is -0.122. The quantitative estimate of drug-likeness (QED) is 0.213. The Morgan fingerprint density at radius 3 is 2.09 bits per heavy atom. The van der Waals surface area contributed by atoms with Gasteiger partial charge >= 0.3 is 0 Å². The van der Waals surface area contributed by atoms with Crippen LogP contribution in [0.25, 0.3) is 0 Å². The summed E-state index contributed by atoms with van der Waals surface area (Å²) in [6.07, 6.45) is 0. The van der Waals surface area contributed by atoms with Crippen LogP contribution in [0, 0.1) is 6.92 Å². The molecule has 13 heteroatoms. The summed E-state index contributed by atoms with van der Waals surface area (Å²) in [5.74, 6) is -1.02. The van der Waals surface area contributed by atoms with Gasteiger partial charge in [-0.3, -0.25) is 19.3 Å². The first-order valence-electron chi connectivity index (χ1n) is 13.3. The zero-order chi connectivity index (χ0) is 32.0. The molecule has 12 nitrogen and oxygen atoms in total. The molecule has 0 bridgehead atoms. The number of nitrogens with one attached hydrogen (secondary N) is 1. The lowest BCUT2D eigenvalue weighted by atomic mass is 10.00. The van der Waals surface area contributed by atoms with Crippen LogP contribution in [0.2, 0.25) is 0 Å². The van der Waals surface area contributed by atoms with Gasteiger partial charge in [-0.2, -0.15) is 4.37 Å². The molecule has 0 spiro atoms. The number of benzene rings is 3. The second-order valence-electron chi connectivity index (χ2n) is 9.55. The Morgan fingerprint density at radius 2 is 1.55 bits per heavy atom. The average molecular weight is 620 g/mol. The van der Waals surface area contributed by atoms with Crippen LogP contribution in [0.4, 0.5) is 11.4 Å². The highest BCUT2D eigenvalue weighted by Gasteiger charge is 2.38. The lowest BCUT2D eigenvalue weighted by Crippen LogP contribution is -2.44. The monoisotopic (exact) mass is 619 g/mol. The molecule has 0 aliphatic heterocycles. The molecule has 230 valence electrons. The highest BCUT2D eigenvalue weighted by molar-refractivity contribution is 7.09. The standard InChI is InChI=1S/C31H33N5O7S/c1-17-11-12-21(40-2)20(13-17)36(31(39)28-24(32)25(29(33)37)35-44-28)26(30(38)34-16-18-9-7-6-8-10-18)19-14-22(41-3)27(43-5)23(15-19)42-4/h6-15,26H,16,32H2,1-5H3,(H2,33,37)(H,34,38)/t26-/m1/s1. The van der Waals surface area contributed by atoms with E-state index in [4.69, 9.17) is 30.4 Å². The molecule has 0 radical (unpaired) electrons. The molecule has 0 unspecified atom stereocenters. The Kier molecular flexibility index (Phi) is 9.91. The van der Waals surface area contributed by atoms with Crippen LogP contribution in [-0.4, -0.2) is 50.5 Å². The third kappa shape index (κ3) is 6.37. The number of nitrogens with zero attached hydrogens (tertiary/aromatic N) is 2. The molecule has 0 saturated heterocycles. The van der Waals surface area contributed by atoms with Crippen LogP contribution in [0.3, 0.4) is 0 Å².